The van der Waals surface area contributed by atoms with Gasteiger partial charge in [-0.05, 0) is 62.7 Å². The Bertz CT molecular complexity index is 1280. The van der Waals surface area contributed by atoms with E-state index in [9.17, 15) is 5.11 Å². The van der Waals surface area contributed by atoms with Crippen LogP contribution in [0.5, 0.6) is 23.1 Å². The van der Waals surface area contributed by atoms with E-state index in [1.165, 1.54) is 25.6 Å². The maximum atomic E-state index is 10.5. The first-order chi connectivity index (χ1) is 16.6. The summed E-state index contributed by atoms with van der Waals surface area (Å²) in [5.41, 5.74) is 2.88. The molecule has 0 unspecified atom stereocenters. The predicted octanol–water partition coefficient (Wildman–Crippen LogP) is 4.45. The molecule has 3 heterocycles. The number of methoxy groups -OCH3 is 1. The molecular weight excluding hydrogens is 432 g/mol. The van der Waals surface area contributed by atoms with Gasteiger partial charge in [-0.15, -0.1) is 0 Å². The zero-order chi connectivity index (χ0) is 23.5. The van der Waals surface area contributed by atoms with E-state index in [0.717, 1.165) is 29.6 Å². The Morgan fingerprint density at radius 3 is 2.74 bits per heavy atom. The third-order valence-electron chi connectivity index (χ3n) is 6.31. The summed E-state index contributed by atoms with van der Waals surface area (Å²) in [6, 6.07) is 9.51. The van der Waals surface area contributed by atoms with Gasteiger partial charge >= 0.3 is 0 Å². The Morgan fingerprint density at radius 1 is 1.06 bits per heavy atom. The van der Waals surface area contributed by atoms with Gasteiger partial charge in [-0.2, -0.15) is 0 Å². The largest absolute Gasteiger partial charge is 0.493 e. The highest BCUT2D eigenvalue weighted by atomic mass is 16.5. The molecule has 0 bridgehead atoms. The fourth-order valence-corrected chi connectivity index (χ4v) is 4.49. The van der Waals surface area contributed by atoms with Crippen molar-refractivity contribution in [2.75, 3.05) is 33.4 Å². The topological polar surface area (TPSA) is 92.7 Å². The van der Waals surface area contributed by atoms with Crippen molar-refractivity contribution in [1.82, 2.24) is 19.9 Å². The number of benzene rings is 2. The Kier molecular flexibility index (Phi) is 6.51. The van der Waals surface area contributed by atoms with Gasteiger partial charge in [-0.3, -0.25) is 0 Å². The summed E-state index contributed by atoms with van der Waals surface area (Å²) in [7, 11) is 1.59. The Labute approximate surface area is 198 Å². The summed E-state index contributed by atoms with van der Waals surface area (Å²) in [6.45, 7) is 4.92. The van der Waals surface area contributed by atoms with Crippen LogP contribution in [0.2, 0.25) is 0 Å². The summed E-state index contributed by atoms with van der Waals surface area (Å²) in [5, 5.41) is 12.3. The smallest absolute Gasteiger partial charge is 0.230 e. The van der Waals surface area contributed by atoms with Crippen molar-refractivity contribution in [2.45, 2.75) is 32.3 Å². The lowest BCUT2D eigenvalue weighted by atomic mass is 10.1. The first-order valence-electron chi connectivity index (χ1n) is 11.7. The molecule has 0 amide bonds. The molecule has 2 aromatic carbocycles. The molecule has 178 valence electrons. The highest BCUT2D eigenvalue weighted by Crippen LogP contribution is 2.36. The lowest BCUT2D eigenvalue weighted by Crippen LogP contribution is -2.38. The summed E-state index contributed by atoms with van der Waals surface area (Å²) >= 11 is 0. The van der Waals surface area contributed by atoms with Crippen LogP contribution in [0.4, 0.5) is 0 Å². The van der Waals surface area contributed by atoms with Gasteiger partial charge in [0.1, 0.15) is 24.8 Å². The van der Waals surface area contributed by atoms with E-state index in [-0.39, 0.29) is 6.61 Å². The summed E-state index contributed by atoms with van der Waals surface area (Å²) in [5.74, 6) is 2.19. The number of nitrogens with one attached hydrogen (secondary N) is 1. The van der Waals surface area contributed by atoms with E-state index in [1.807, 2.05) is 30.5 Å². The number of H-pyrrole nitrogens is 1. The van der Waals surface area contributed by atoms with Crippen LogP contribution in [0.15, 0.2) is 42.9 Å². The molecule has 8 nitrogen and oxygen atoms in total. The van der Waals surface area contributed by atoms with Crippen molar-refractivity contribution >= 4 is 21.8 Å². The maximum absolute atomic E-state index is 10.5. The lowest BCUT2D eigenvalue weighted by Gasteiger charge is -2.28. The quantitative estimate of drug-likeness (QED) is 0.400. The number of ether oxygens (including phenoxy) is 3. The monoisotopic (exact) mass is 462 g/mol. The van der Waals surface area contributed by atoms with E-state index >= 15 is 0 Å². The number of aromatic nitrogens is 3. The molecule has 8 heteroatoms. The van der Waals surface area contributed by atoms with Gasteiger partial charge in [0.05, 0.1) is 18.0 Å². The SMILES string of the molecule is COc1cc2c(Oc3ccc4[nH]cc(C)c4c3)ncnc2cc1OC[C@H](O)CN1CCCCC1. The highest BCUT2D eigenvalue weighted by molar-refractivity contribution is 5.88. The third kappa shape index (κ3) is 4.78. The molecule has 1 aliphatic rings. The maximum Gasteiger partial charge on any atom is 0.230 e. The summed E-state index contributed by atoms with van der Waals surface area (Å²) in [6.07, 6.45) is 6.52. The van der Waals surface area contributed by atoms with Crippen LogP contribution in [0, 0.1) is 6.92 Å². The van der Waals surface area contributed by atoms with Gasteiger partial charge in [-0.1, -0.05) is 6.42 Å². The van der Waals surface area contributed by atoms with Gasteiger partial charge in [0.15, 0.2) is 11.5 Å². The van der Waals surface area contributed by atoms with Crippen LogP contribution in [-0.4, -0.2) is 64.4 Å². The fourth-order valence-electron chi connectivity index (χ4n) is 4.49. The van der Waals surface area contributed by atoms with Crippen molar-refractivity contribution in [3.63, 3.8) is 0 Å². The summed E-state index contributed by atoms with van der Waals surface area (Å²) in [4.78, 5) is 14.3. The second kappa shape index (κ2) is 9.87. The molecule has 1 fully saturated rings. The van der Waals surface area contributed by atoms with Crippen molar-refractivity contribution in [3.05, 3.63) is 48.4 Å². The first-order valence-corrected chi connectivity index (χ1v) is 11.7. The van der Waals surface area contributed by atoms with Crippen LogP contribution in [0.1, 0.15) is 24.8 Å². The van der Waals surface area contributed by atoms with E-state index in [0.29, 0.717) is 40.6 Å². The molecule has 1 saturated heterocycles. The van der Waals surface area contributed by atoms with E-state index in [2.05, 4.69) is 26.8 Å². The summed E-state index contributed by atoms with van der Waals surface area (Å²) < 4.78 is 17.7. The minimum absolute atomic E-state index is 0.183. The molecule has 34 heavy (non-hydrogen) atoms. The second-order valence-corrected chi connectivity index (χ2v) is 8.81. The number of likely N-dealkylation sites (tertiary alicyclic amines) is 1. The van der Waals surface area contributed by atoms with Crippen LogP contribution in [0.25, 0.3) is 21.8 Å². The van der Waals surface area contributed by atoms with Gasteiger partial charge in [0.2, 0.25) is 5.88 Å². The van der Waals surface area contributed by atoms with Crippen LogP contribution < -0.4 is 14.2 Å². The third-order valence-corrected chi connectivity index (χ3v) is 6.31. The number of fused-ring (bicyclic) bond motifs is 2. The number of aliphatic hydroxyl groups is 1. The standard InChI is InChI=1S/C26H30N4O4/c1-17-13-27-22-7-6-19(10-20(17)22)34-26-21-11-24(32-2)25(12-23(21)28-16-29-26)33-15-18(31)14-30-8-4-3-5-9-30/h6-7,10-13,16,18,27,31H,3-5,8-9,14-15H2,1-2H3/t18-/m1/s1. The van der Waals surface area contributed by atoms with E-state index in [1.54, 1.807) is 13.2 Å². The van der Waals surface area contributed by atoms with Crippen LogP contribution in [-0.2, 0) is 0 Å². The normalized spacial score (nSPS) is 15.5. The van der Waals surface area contributed by atoms with Crippen LogP contribution >= 0.6 is 0 Å². The number of aryl methyl sites for hydroxylation is 1. The molecule has 1 aliphatic heterocycles. The van der Waals surface area contributed by atoms with Crippen LogP contribution in [0.3, 0.4) is 0 Å². The predicted molar refractivity (Wildman–Crippen MR) is 131 cm³/mol. The highest BCUT2D eigenvalue weighted by Gasteiger charge is 2.18. The average molecular weight is 463 g/mol. The minimum Gasteiger partial charge on any atom is -0.493 e. The van der Waals surface area contributed by atoms with E-state index < -0.39 is 6.10 Å². The Morgan fingerprint density at radius 2 is 1.91 bits per heavy atom. The first kappa shape index (κ1) is 22.4. The number of aliphatic hydroxyl groups excluding tert-OH is 1. The van der Waals surface area contributed by atoms with Gasteiger partial charge in [-0.25, -0.2) is 9.97 Å². The molecule has 2 N–H and O–H groups in total. The zero-order valence-electron chi connectivity index (χ0n) is 19.6. The second-order valence-electron chi connectivity index (χ2n) is 8.81. The van der Waals surface area contributed by atoms with E-state index in [4.69, 9.17) is 14.2 Å². The lowest BCUT2D eigenvalue weighted by molar-refractivity contribution is 0.0609. The van der Waals surface area contributed by atoms with Crippen molar-refractivity contribution in [1.29, 1.82) is 0 Å². The Balaban J connectivity index is 1.35. The van der Waals surface area contributed by atoms with Crippen molar-refractivity contribution in [3.8, 4) is 23.1 Å². The number of nitrogens with zero attached hydrogens (tertiary/aromatic N) is 3. The molecule has 0 spiro atoms. The molecule has 5 rings (SSSR count). The molecule has 4 aromatic rings. The Hall–Kier alpha value is -3.36. The molecule has 0 saturated carbocycles. The molecule has 0 radical (unpaired) electrons. The van der Waals surface area contributed by atoms with Gasteiger partial charge < -0.3 is 29.2 Å². The zero-order valence-corrected chi connectivity index (χ0v) is 19.6. The minimum atomic E-state index is -0.574. The molecule has 1 atom stereocenters. The van der Waals surface area contributed by atoms with Gasteiger partial charge in [0.25, 0.3) is 0 Å². The average Bonchev–Trinajstić information content (AvgIpc) is 3.23. The number of aromatic amines is 1. The van der Waals surface area contributed by atoms with Gasteiger partial charge in [0, 0.05) is 29.7 Å². The number of hydrogen-bond donors (Lipinski definition) is 2. The number of rotatable bonds is 8. The molecular formula is C26H30N4O4. The fraction of sp³-hybridized carbons (Fsp3) is 0.385. The molecule has 0 aliphatic carbocycles. The molecule has 2 aromatic heterocycles. The number of piperidine rings is 1. The van der Waals surface area contributed by atoms with Crippen molar-refractivity contribution in [2.24, 2.45) is 0 Å². The number of β-amino-alcohol motifs (C(OH)–C–C–N with tert-alkyl or cyclic N) is 1. The van der Waals surface area contributed by atoms with Crippen molar-refractivity contribution < 1.29 is 19.3 Å². The number of hydrogen-bond acceptors (Lipinski definition) is 7.